The van der Waals surface area contributed by atoms with Crippen molar-refractivity contribution < 1.29 is 9.53 Å². The number of benzene rings is 4. The standard InChI is InChI=1S/C29H23N2O2P/c1-30-24-19-20-28(23(22-24)18-21-29(32)33-2)31-34(25-12-6-3-7-13-25,26-14-8-4-9-15-26)27-16-10-5-11-17-27/h3-22H,2H3/b21-18+. The maximum Gasteiger partial charge on any atom is 0.330 e. The maximum atomic E-state index is 11.8. The van der Waals surface area contributed by atoms with Crippen LogP contribution in [0.3, 0.4) is 0 Å². The van der Waals surface area contributed by atoms with Gasteiger partial charge in [0.05, 0.1) is 26.4 Å². The van der Waals surface area contributed by atoms with Gasteiger partial charge in [-0.25, -0.2) is 9.64 Å². The second kappa shape index (κ2) is 10.6. The van der Waals surface area contributed by atoms with Gasteiger partial charge in [0.15, 0.2) is 5.69 Å². The van der Waals surface area contributed by atoms with Gasteiger partial charge >= 0.3 is 5.97 Å². The van der Waals surface area contributed by atoms with E-state index in [1.807, 2.05) is 60.7 Å². The van der Waals surface area contributed by atoms with E-state index in [0.717, 1.165) is 15.9 Å². The van der Waals surface area contributed by atoms with Crippen molar-refractivity contribution in [3.63, 3.8) is 0 Å². The van der Waals surface area contributed by atoms with Gasteiger partial charge in [0.1, 0.15) is 0 Å². The number of carbonyl (C=O) groups excluding carboxylic acids is 1. The van der Waals surface area contributed by atoms with Crippen LogP contribution in [0.15, 0.2) is 120 Å². The van der Waals surface area contributed by atoms with Crippen molar-refractivity contribution in [2.45, 2.75) is 0 Å². The number of nitrogens with zero attached hydrogens (tertiary/aromatic N) is 2. The number of esters is 1. The summed E-state index contributed by atoms with van der Waals surface area (Å²) in [4.78, 5) is 15.4. The fourth-order valence-electron chi connectivity index (χ4n) is 3.78. The Bertz CT molecular complexity index is 1300. The largest absolute Gasteiger partial charge is 0.466 e. The molecule has 0 aliphatic heterocycles. The third-order valence-electron chi connectivity index (χ3n) is 5.39. The molecule has 0 bridgehead atoms. The average molecular weight is 462 g/mol. The van der Waals surface area contributed by atoms with Gasteiger partial charge in [-0.3, -0.25) is 4.74 Å². The lowest BCUT2D eigenvalue weighted by Crippen LogP contribution is -2.25. The van der Waals surface area contributed by atoms with Gasteiger partial charge in [0, 0.05) is 22.0 Å². The summed E-state index contributed by atoms with van der Waals surface area (Å²) in [5.74, 6) is -0.464. The highest BCUT2D eigenvalue weighted by atomic mass is 31.2. The molecule has 4 aromatic carbocycles. The third-order valence-corrected chi connectivity index (χ3v) is 9.04. The van der Waals surface area contributed by atoms with E-state index in [4.69, 9.17) is 16.1 Å². The van der Waals surface area contributed by atoms with Gasteiger partial charge in [-0.1, -0.05) is 97.1 Å². The smallest absolute Gasteiger partial charge is 0.330 e. The second-order valence-corrected chi connectivity index (χ2v) is 10.5. The van der Waals surface area contributed by atoms with Crippen LogP contribution in [-0.4, -0.2) is 13.1 Å². The van der Waals surface area contributed by atoms with Crippen molar-refractivity contribution >= 4 is 46.4 Å². The van der Waals surface area contributed by atoms with E-state index in [0.29, 0.717) is 16.9 Å². The Morgan fingerprint density at radius 2 is 1.32 bits per heavy atom. The number of hydrogen-bond acceptors (Lipinski definition) is 3. The van der Waals surface area contributed by atoms with Gasteiger partial charge < -0.3 is 4.74 Å². The zero-order valence-electron chi connectivity index (χ0n) is 18.7. The topological polar surface area (TPSA) is 43.0 Å². The van der Waals surface area contributed by atoms with E-state index in [1.54, 1.807) is 18.2 Å². The summed E-state index contributed by atoms with van der Waals surface area (Å²) in [5.41, 5.74) is 1.87. The molecule has 4 aromatic rings. The molecule has 0 aliphatic carbocycles. The molecule has 0 spiro atoms. The van der Waals surface area contributed by atoms with Crippen molar-refractivity contribution in [1.29, 1.82) is 0 Å². The van der Waals surface area contributed by atoms with Crippen LogP contribution in [0, 0.1) is 6.57 Å². The van der Waals surface area contributed by atoms with Crippen molar-refractivity contribution in [2.75, 3.05) is 7.11 Å². The summed E-state index contributed by atoms with van der Waals surface area (Å²) in [6.07, 6.45) is 3.02. The van der Waals surface area contributed by atoms with Gasteiger partial charge in [-0.05, 0) is 23.8 Å². The molecule has 4 nitrogen and oxygen atoms in total. The Morgan fingerprint density at radius 1 is 0.824 bits per heavy atom. The second-order valence-electron chi connectivity index (χ2n) is 7.45. The van der Waals surface area contributed by atoms with E-state index < -0.39 is 13.0 Å². The summed E-state index contributed by atoms with van der Waals surface area (Å²) < 4.78 is 10.3. The van der Waals surface area contributed by atoms with Gasteiger partial charge in [0.25, 0.3) is 0 Å². The Kier molecular flexibility index (Phi) is 7.18. The van der Waals surface area contributed by atoms with Crippen LogP contribution >= 0.6 is 7.05 Å². The highest BCUT2D eigenvalue weighted by molar-refractivity contribution is 7.87. The Morgan fingerprint density at radius 3 is 1.76 bits per heavy atom. The highest BCUT2D eigenvalue weighted by Gasteiger charge is 2.27. The summed E-state index contributed by atoms with van der Waals surface area (Å²) in [6.45, 7) is 7.43. The Hall–Kier alpha value is -4.19. The van der Waals surface area contributed by atoms with Crippen LogP contribution in [-0.2, 0) is 9.53 Å². The summed E-state index contributed by atoms with van der Waals surface area (Å²) in [5, 5.41) is 3.35. The minimum atomic E-state index is -2.48. The van der Waals surface area contributed by atoms with Crippen LogP contribution in [0.5, 0.6) is 0 Å². The zero-order chi connectivity index (χ0) is 23.8. The van der Waals surface area contributed by atoms with E-state index in [1.165, 1.54) is 13.2 Å². The van der Waals surface area contributed by atoms with Gasteiger partial charge in [0.2, 0.25) is 0 Å². The summed E-state index contributed by atoms with van der Waals surface area (Å²) >= 11 is 0. The van der Waals surface area contributed by atoms with Crippen LogP contribution < -0.4 is 15.9 Å². The average Bonchev–Trinajstić information content (AvgIpc) is 2.92. The number of carbonyl (C=O) groups is 1. The minimum Gasteiger partial charge on any atom is -0.466 e. The minimum absolute atomic E-state index is 0.464. The highest BCUT2D eigenvalue weighted by Crippen LogP contribution is 2.50. The molecule has 0 amide bonds. The molecule has 0 atom stereocenters. The Labute approximate surface area is 200 Å². The molecule has 0 saturated carbocycles. The number of methoxy groups -OCH3 is 1. The molecule has 0 N–H and O–H groups in total. The van der Waals surface area contributed by atoms with Crippen molar-refractivity contribution in [2.24, 2.45) is 4.74 Å². The normalized spacial score (nSPS) is 11.1. The van der Waals surface area contributed by atoms with E-state index in [2.05, 4.69) is 41.2 Å². The fourth-order valence-corrected chi connectivity index (χ4v) is 7.33. The third kappa shape index (κ3) is 4.76. The van der Waals surface area contributed by atoms with E-state index >= 15 is 0 Å². The quantitative estimate of drug-likeness (QED) is 0.148. The molecular formula is C29H23N2O2P. The van der Waals surface area contributed by atoms with E-state index in [9.17, 15) is 4.79 Å². The molecule has 34 heavy (non-hydrogen) atoms. The van der Waals surface area contributed by atoms with Crippen molar-refractivity contribution in [3.8, 4) is 0 Å². The molecular weight excluding hydrogens is 439 g/mol. The van der Waals surface area contributed by atoms with Crippen LogP contribution in [0.1, 0.15) is 5.56 Å². The van der Waals surface area contributed by atoms with Crippen LogP contribution in [0.4, 0.5) is 11.4 Å². The number of ether oxygens (including phenoxy) is 1. The van der Waals surface area contributed by atoms with Gasteiger partial charge in [-0.2, -0.15) is 0 Å². The molecule has 166 valence electrons. The zero-order valence-corrected chi connectivity index (χ0v) is 19.6. The number of rotatable bonds is 6. The molecule has 0 saturated heterocycles. The lowest BCUT2D eigenvalue weighted by atomic mass is 10.1. The molecule has 0 aromatic heterocycles. The first kappa shape index (κ1) is 23.0. The molecule has 5 heteroatoms. The number of hydrogen-bond donors (Lipinski definition) is 0. The SMILES string of the molecule is [C-]#[N+]c1ccc(N=P(c2ccccc2)(c2ccccc2)c2ccccc2)c(/C=C/C(=O)OC)c1. The van der Waals surface area contributed by atoms with Gasteiger partial charge in [-0.15, -0.1) is 0 Å². The summed E-state index contributed by atoms with van der Waals surface area (Å²) in [7, 11) is -1.14. The van der Waals surface area contributed by atoms with Crippen molar-refractivity contribution in [1.82, 2.24) is 0 Å². The summed E-state index contributed by atoms with van der Waals surface area (Å²) in [6, 6.07) is 36.3. The molecule has 0 heterocycles. The Balaban J connectivity index is 2.11. The first-order valence-electron chi connectivity index (χ1n) is 10.7. The maximum absolute atomic E-state index is 11.8. The molecule has 0 aliphatic rings. The predicted molar refractivity (Wildman–Crippen MR) is 141 cm³/mol. The fraction of sp³-hybridized carbons (Fsp3) is 0.0345. The molecule has 0 radical (unpaired) electrons. The lowest BCUT2D eigenvalue weighted by molar-refractivity contribution is -0.134. The van der Waals surface area contributed by atoms with Crippen molar-refractivity contribution in [3.05, 3.63) is 132 Å². The first-order chi connectivity index (χ1) is 16.7. The lowest BCUT2D eigenvalue weighted by Gasteiger charge is -2.27. The van der Waals surface area contributed by atoms with Crippen LogP contribution in [0.25, 0.3) is 10.9 Å². The molecule has 0 unspecified atom stereocenters. The monoisotopic (exact) mass is 462 g/mol. The first-order valence-corrected chi connectivity index (χ1v) is 12.5. The molecule has 0 fully saturated rings. The molecule has 4 rings (SSSR count). The predicted octanol–water partition coefficient (Wildman–Crippen LogP) is 6.23. The van der Waals surface area contributed by atoms with E-state index in [-0.39, 0.29) is 0 Å². The van der Waals surface area contributed by atoms with Crippen LogP contribution in [0.2, 0.25) is 0 Å².